The lowest BCUT2D eigenvalue weighted by molar-refractivity contribution is -0.142. The van der Waals surface area contributed by atoms with E-state index in [9.17, 15) is 27.5 Å². The first-order valence-corrected chi connectivity index (χ1v) is 10.8. The second-order valence-electron chi connectivity index (χ2n) is 8.22. The lowest BCUT2D eigenvalue weighted by atomic mass is 10.1. The van der Waals surface area contributed by atoms with Crippen LogP contribution in [0.5, 0.6) is 5.88 Å². The number of nitrogens with one attached hydrogen (secondary N) is 1. The van der Waals surface area contributed by atoms with Gasteiger partial charge in [0.05, 0.1) is 30.7 Å². The topological polar surface area (TPSA) is 81.3 Å². The highest BCUT2D eigenvalue weighted by molar-refractivity contribution is 5.59. The van der Waals surface area contributed by atoms with Crippen LogP contribution in [0.2, 0.25) is 0 Å². The van der Waals surface area contributed by atoms with E-state index in [1.165, 1.54) is 6.07 Å². The van der Waals surface area contributed by atoms with Crippen molar-refractivity contribution in [1.82, 2.24) is 19.4 Å². The molecule has 4 rings (SSSR count). The SMILES string of the molecule is O=c1n(Cc2ccc(-c3ccc(F)c(CNC4CCCOC4)n3)cc2)cc(O)n1CC(F)(F)F. The molecule has 3 aromatic rings. The number of pyridine rings is 1. The van der Waals surface area contributed by atoms with E-state index in [1.807, 2.05) is 0 Å². The minimum atomic E-state index is -4.63. The summed E-state index contributed by atoms with van der Waals surface area (Å²) in [6.45, 7) is 0.0135. The van der Waals surface area contributed by atoms with Crippen molar-refractivity contribution in [3.63, 3.8) is 0 Å². The summed E-state index contributed by atoms with van der Waals surface area (Å²) in [6.07, 6.45) is -1.74. The van der Waals surface area contributed by atoms with Crippen molar-refractivity contribution in [2.24, 2.45) is 0 Å². The third-order valence-electron chi connectivity index (χ3n) is 5.60. The molecule has 1 saturated heterocycles. The van der Waals surface area contributed by atoms with Gasteiger partial charge in [-0.15, -0.1) is 0 Å². The molecule has 0 saturated carbocycles. The number of hydrogen-bond donors (Lipinski definition) is 2. The van der Waals surface area contributed by atoms with Crippen LogP contribution in [0.3, 0.4) is 0 Å². The van der Waals surface area contributed by atoms with E-state index in [4.69, 9.17) is 4.74 Å². The van der Waals surface area contributed by atoms with Crippen LogP contribution >= 0.6 is 0 Å². The highest BCUT2D eigenvalue weighted by Gasteiger charge is 2.30. The Labute approximate surface area is 192 Å². The Kier molecular flexibility index (Phi) is 7.03. The summed E-state index contributed by atoms with van der Waals surface area (Å²) < 4.78 is 58.8. The zero-order valence-corrected chi connectivity index (χ0v) is 18.2. The molecular weight excluding hydrogens is 456 g/mol. The van der Waals surface area contributed by atoms with Crippen LogP contribution in [0.4, 0.5) is 17.6 Å². The normalized spacial score (nSPS) is 16.6. The van der Waals surface area contributed by atoms with Gasteiger partial charge in [-0.05, 0) is 30.5 Å². The maximum Gasteiger partial charge on any atom is 0.406 e. The van der Waals surface area contributed by atoms with Gasteiger partial charge >= 0.3 is 11.9 Å². The fourth-order valence-corrected chi connectivity index (χ4v) is 3.85. The number of nitrogens with zero attached hydrogens (tertiary/aromatic N) is 3. The molecule has 0 radical (unpaired) electrons. The molecule has 1 atom stereocenters. The molecule has 0 bridgehead atoms. The fraction of sp³-hybridized carbons (Fsp3) is 0.391. The number of alkyl halides is 3. The van der Waals surface area contributed by atoms with Crippen LogP contribution in [-0.4, -0.2) is 44.7 Å². The van der Waals surface area contributed by atoms with Crippen molar-refractivity contribution in [3.05, 3.63) is 70.2 Å². The van der Waals surface area contributed by atoms with E-state index < -0.39 is 30.1 Å². The highest BCUT2D eigenvalue weighted by atomic mass is 19.4. The van der Waals surface area contributed by atoms with Gasteiger partial charge in [-0.1, -0.05) is 24.3 Å². The Morgan fingerprint density at radius 2 is 1.94 bits per heavy atom. The third kappa shape index (κ3) is 5.84. The number of ether oxygens (including phenoxy) is 1. The molecule has 2 aromatic heterocycles. The van der Waals surface area contributed by atoms with Crippen LogP contribution in [0.1, 0.15) is 24.1 Å². The van der Waals surface area contributed by atoms with Crippen LogP contribution in [0, 0.1) is 5.82 Å². The minimum Gasteiger partial charge on any atom is -0.493 e. The summed E-state index contributed by atoms with van der Waals surface area (Å²) in [7, 11) is 0. The number of hydrogen-bond acceptors (Lipinski definition) is 5. The summed E-state index contributed by atoms with van der Waals surface area (Å²) in [5, 5.41) is 13.0. The molecule has 182 valence electrons. The summed E-state index contributed by atoms with van der Waals surface area (Å²) in [4.78, 5) is 16.6. The Balaban J connectivity index is 1.46. The Morgan fingerprint density at radius 3 is 2.62 bits per heavy atom. The zero-order chi connectivity index (χ0) is 24.3. The van der Waals surface area contributed by atoms with Crippen LogP contribution in [-0.2, 0) is 24.4 Å². The van der Waals surface area contributed by atoms with E-state index in [-0.39, 0.29) is 23.7 Å². The zero-order valence-electron chi connectivity index (χ0n) is 18.2. The van der Waals surface area contributed by atoms with E-state index in [0.717, 1.165) is 35.8 Å². The van der Waals surface area contributed by atoms with Gasteiger partial charge < -0.3 is 15.2 Å². The molecule has 0 amide bonds. The molecule has 1 aromatic carbocycles. The lowest BCUT2D eigenvalue weighted by Crippen LogP contribution is -2.36. The summed E-state index contributed by atoms with van der Waals surface area (Å²) >= 11 is 0. The molecule has 0 spiro atoms. The lowest BCUT2D eigenvalue weighted by Gasteiger charge is -2.23. The van der Waals surface area contributed by atoms with Gasteiger partial charge in [0, 0.05) is 24.8 Å². The van der Waals surface area contributed by atoms with Gasteiger partial charge in [-0.3, -0.25) is 9.13 Å². The quantitative estimate of drug-likeness (QED) is 0.507. The second-order valence-corrected chi connectivity index (χ2v) is 8.22. The summed E-state index contributed by atoms with van der Waals surface area (Å²) in [5.74, 6) is -1.16. The van der Waals surface area contributed by atoms with Gasteiger partial charge in [0.25, 0.3) is 0 Å². The highest BCUT2D eigenvalue weighted by Crippen LogP contribution is 2.22. The van der Waals surface area contributed by atoms with Crippen LogP contribution in [0.15, 0.2) is 47.4 Å². The van der Waals surface area contributed by atoms with E-state index >= 15 is 0 Å². The number of aromatic nitrogens is 3. The largest absolute Gasteiger partial charge is 0.493 e. The van der Waals surface area contributed by atoms with Gasteiger partial charge in [-0.25, -0.2) is 14.2 Å². The average molecular weight is 480 g/mol. The van der Waals surface area contributed by atoms with Crippen molar-refractivity contribution in [2.75, 3.05) is 13.2 Å². The summed E-state index contributed by atoms with van der Waals surface area (Å²) in [5.41, 5.74) is 1.25. The first-order chi connectivity index (χ1) is 16.2. The van der Waals surface area contributed by atoms with Gasteiger partial charge in [0.2, 0.25) is 5.88 Å². The molecule has 34 heavy (non-hydrogen) atoms. The van der Waals surface area contributed by atoms with E-state index in [0.29, 0.717) is 23.6 Å². The van der Waals surface area contributed by atoms with E-state index in [2.05, 4.69) is 10.3 Å². The van der Waals surface area contributed by atoms with Crippen molar-refractivity contribution in [1.29, 1.82) is 0 Å². The van der Waals surface area contributed by atoms with Gasteiger partial charge in [0.15, 0.2) is 0 Å². The minimum absolute atomic E-state index is 0.0208. The predicted molar refractivity (Wildman–Crippen MR) is 116 cm³/mol. The fourth-order valence-electron chi connectivity index (χ4n) is 3.85. The van der Waals surface area contributed by atoms with Crippen LogP contribution < -0.4 is 11.0 Å². The molecule has 3 heterocycles. The van der Waals surface area contributed by atoms with Crippen LogP contribution in [0.25, 0.3) is 11.3 Å². The predicted octanol–water partition coefficient (Wildman–Crippen LogP) is 3.44. The van der Waals surface area contributed by atoms with Crippen molar-refractivity contribution in [2.45, 2.75) is 44.7 Å². The van der Waals surface area contributed by atoms with Crippen molar-refractivity contribution < 1.29 is 27.4 Å². The standard InChI is InChI=1S/C23H24F4N4O3/c24-18-7-8-19(29-20(18)10-28-17-2-1-9-34-13-17)16-5-3-15(4-6-16)11-30-12-21(32)31(22(30)33)14-23(25,26)27/h3-8,12,17,28,32H,1-2,9-11,13-14H2. The maximum atomic E-state index is 14.3. The van der Waals surface area contributed by atoms with Crippen molar-refractivity contribution >= 4 is 0 Å². The monoisotopic (exact) mass is 480 g/mol. The second kappa shape index (κ2) is 9.98. The number of benzene rings is 1. The smallest absolute Gasteiger partial charge is 0.406 e. The first kappa shape index (κ1) is 24.0. The third-order valence-corrected chi connectivity index (χ3v) is 5.60. The molecule has 0 aliphatic carbocycles. The number of aromatic hydroxyl groups is 1. The maximum absolute atomic E-state index is 14.3. The molecule has 1 aliphatic rings. The number of imidazole rings is 1. The molecule has 1 fully saturated rings. The number of rotatable bonds is 7. The molecule has 1 unspecified atom stereocenters. The first-order valence-electron chi connectivity index (χ1n) is 10.8. The summed E-state index contributed by atoms with van der Waals surface area (Å²) in [6, 6.07) is 9.95. The molecule has 7 nitrogen and oxygen atoms in total. The Bertz CT molecular complexity index is 1180. The van der Waals surface area contributed by atoms with Crippen molar-refractivity contribution in [3.8, 4) is 17.1 Å². The molecule has 2 N–H and O–H groups in total. The molecular formula is C23H24F4N4O3. The van der Waals surface area contributed by atoms with E-state index in [1.54, 1.807) is 30.3 Å². The Morgan fingerprint density at radius 1 is 1.18 bits per heavy atom. The molecule has 1 aliphatic heterocycles. The average Bonchev–Trinajstić information content (AvgIpc) is 3.06. The Hall–Kier alpha value is -3.18. The number of halogens is 4. The molecule has 11 heteroatoms. The van der Waals surface area contributed by atoms with Gasteiger partial charge in [-0.2, -0.15) is 13.2 Å². The van der Waals surface area contributed by atoms with Gasteiger partial charge in [0.1, 0.15) is 12.4 Å².